The summed E-state index contributed by atoms with van der Waals surface area (Å²) in [6, 6.07) is 0. The second-order valence-corrected chi connectivity index (χ2v) is 14.5. The summed E-state index contributed by atoms with van der Waals surface area (Å²) in [5, 5.41) is 0.551. The van der Waals surface area contributed by atoms with Crippen LogP contribution in [0.1, 0.15) is 27.2 Å². The van der Waals surface area contributed by atoms with Gasteiger partial charge in [0.15, 0.2) is 0 Å². The van der Waals surface area contributed by atoms with Crippen molar-refractivity contribution in [1.82, 2.24) is 0 Å². The molecule has 1 fully saturated rings. The SMILES string of the molecule is CC(C)(C)[Si](C)(C)C1SCCCS1. The van der Waals surface area contributed by atoms with Gasteiger partial charge in [-0.2, -0.15) is 23.5 Å². The molecule has 0 nitrogen and oxygen atoms in total. The molecule has 0 saturated carbocycles. The smallest absolute Gasteiger partial charge is 0.0796 e. The lowest BCUT2D eigenvalue weighted by Gasteiger charge is -2.43. The van der Waals surface area contributed by atoms with Gasteiger partial charge in [0.1, 0.15) is 0 Å². The molecule has 0 amide bonds. The van der Waals surface area contributed by atoms with Gasteiger partial charge in [0, 0.05) is 4.21 Å². The topological polar surface area (TPSA) is 0 Å². The highest BCUT2D eigenvalue weighted by Crippen LogP contribution is 2.47. The van der Waals surface area contributed by atoms with E-state index in [-0.39, 0.29) is 0 Å². The lowest BCUT2D eigenvalue weighted by Crippen LogP contribution is -2.47. The summed E-state index contributed by atoms with van der Waals surface area (Å²) in [7, 11) is -1.08. The van der Waals surface area contributed by atoms with Crippen LogP contribution in [0.15, 0.2) is 0 Å². The maximum atomic E-state index is 2.56. The highest BCUT2D eigenvalue weighted by atomic mass is 32.2. The van der Waals surface area contributed by atoms with Gasteiger partial charge in [-0.15, -0.1) is 0 Å². The van der Waals surface area contributed by atoms with E-state index < -0.39 is 8.07 Å². The Balaban J connectivity index is 2.67. The fourth-order valence-corrected chi connectivity index (χ4v) is 10.3. The Morgan fingerprint density at radius 3 is 1.92 bits per heavy atom. The first-order valence-electron chi connectivity index (χ1n) is 5.09. The lowest BCUT2D eigenvalue weighted by atomic mass is 10.2. The van der Waals surface area contributed by atoms with E-state index in [0.29, 0.717) is 5.04 Å². The zero-order chi connectivity index (χ0) is 10.1. The van der Waals surface area contributed by atoms with Crippen molar-refractivity contribution in [3.05, 3.63) is 0 Å². The van der Waals surface area contributed by atoms with E-state index in [2.05, 4.69) is 57.4 Å². The van der Waals surface area contributed by atoms with Crippen molar-refractivity contribution in [3.8, 4) is 0 Å². The largest absolute Gasteiger partial charge is 0.151 e. The molecule has 0 unspecified atom stereocenters. The van der Waals surface area contributed by atoms with E-state index in [4.69, 9.17) is 0 Å². The first-order chi connectivity index (χ1) is 5.86. The molecule has 0 aromatic carbocycles. The highest BCUT2D eigenvalue weighted by Gasteiger charge is 2.43. The summed E-state index contributed by atoms with van der Waals surface area (Å²) in [6.07, 6.45) is 1.42. The molecule has 1 aliphatic rings. The number of rotatable bonds is 1. The van der Waals surface area contributed by atoms with Crippen LogP contribution in [0.25, 0.3) is 0 Å². The fourth-order valence-electron chi connectivity index (χ4n) is 1.26. The molecule has 78 valence electrons. The van der Waals surface area contributed by atoms with E-state index in [1.807, 2.05) is 0 Å². The summed E-state index contributed by atoms with van der Waals surface area (Å²) in [4.78, 5) is 0. The third kappa shape index (κ3) is 2.69. The molecular weight excluding hydrogens is 212 g/mol. The first kappa shape index (κ1) is 12.0. The molecule has 0 aliphatic carbocycles. The molecule has 1 aliphatic heterocycles. The number of hydrogen-bond acceptors (Lipinski definition) is 2. The van der Waals surface area contributed by atoms with Crippen molar-refractivity contribution >= 4 is 31.6 Å². The van der Waals surface area contributed by atoms with Gasteiger partial charge in [0.05, 0.1) is 8.07 Å². The quantitative estimate of drug-likeness (QED) is 0.623. The molecular formula is C10H22S2Si. The zero-order valence-electron chi connectivity index (χ0n) is 9.52. The summed E-state index contributed by atoms with van der Waals surface area (Å²) in [6.45, 7) is 12.4. The molecule has 1 heterocycles. The Bertz CT molecular complexity index is 166. The Hall–Kier alpha value is 0.917. The standard InChI is InChI=1S/C10H22S2Si/c1-10(2,3)13(4,5)9-11-7-6-8-12-9/h9H,6-8H2,1-5H3. The summed E-state index contributed by atoms with van der Waals surface area (Å²) in [5.74, 6) is 2.79. The molecule has 0 N–H and O–H groups in total. The van der Waals surface area contributed by atoms with Crippen LogP contribution in [-0.2, 0) is 0 Å². The lowest BCUT2D eigenvalue weighted by molar-refractivity contribution is 0.720. The predicted octanol–water partition coefficient (Wildman–Crippen LogP) is 4.23. The maximum Gasteiger partial charge on any atom is 0.0796 e. The van der Waals surface area contributed by atoms with Crippen molar-refractivity contribution in [2.24, 2.45) is 0 Å². The van der Waals surface area contributed by atoms with Gasteiger partial charge >= 0.3 is 0 Å². The van der Waals surface area contributed by atoms with Crippen LogP contribution in [0.5, 0.6) is 0 Å². The van der Waals surface area contributed by atoms with Crippen molar-refractivity contribution < 1.29 is 0 Å². The van der Waals surface area contributed by atoms with Gasteiger partial charge in [0.2, 0.25) is 0 Å². The molecule has 1 rings (SSSR count). The van der Waals surface area contributed by atoms with Crippen molar-refractivity contribution in [2.75, 3.05) is 11.5 Å². The minimum Gasteiger partial charge on any atom is -0.151 e. The Labute approximate surface area is 92.6 Å². The molecule has 0 atom stereocenters. The van der Waals surface area contributed by atoms with E-state index in [1.54, 1.807) is 0 Å². The van der Waals surface area contributed by atoms with E-state index in [0.717, 1.165) is 4.21 Å². The van der Waals surface area contributed by atoms with Gasteiger partial charge in [-0.3, -0.25) is 0 Å². The average molecular weight is 235 g/mol. The molecule has 0 spiro atoms. The summed E-state index contributed by atoms with van der Waals surface area (Å²) in [5.41, 5.74) is 0. The van der Waals surface area contributed by atoms with Gasteiger partial charge in [-0.25, -0.2) is 0 Å². The van der Waals surface area contributed by atoms with Crippen LogP contribution < -0.4 is 0 Å². The Morgan fingerprint density at radius 2 is 1.54 bits per heavy atom. The van der Waals surface area contributed by atoms with Crippen LogP contribution in [-0.4, -0.2) is 23.8 Å². The first-order valence-corrected chi connectivity index (χ1v) is 10.3. The number of hydrogen-bond donors (Lipinski definition) is 0. The zero-order valence-corrected chi connectivity index (χ0v) is 12.1. The average Bonchev–Trinajstić information content (AvgIpc) is 2.04. The van der Waals surface area contributed by atoms with E-state index in [9.17, 15) is 0 Å². The van der Waals surface area contributed by atoms with Gasteiger partial charge < -0.3 is 0 Å². The minimum absolute atomic E-state index is 0.551. The Kier molecular flexibility index (Phi) is 3.87. The van der Waals surface area contributed by atoms with E-state index in [1.165, 1.54) is 17.9 Å². The van der Waals surface area contributed by atoms with Crippen LogP contribution in [0.3, 0.4) is 0 Å². The minimum atomic E-state index is -1.08. The third-order valence-electron chi connectivity index (χ3n) is 3.35. The molecule has 0 bridgehead atoms. The summed E-state index contributed by atoms with van der Waals surface area (Å²) >= 11 is 4.44. The fraction of sp³-hybridized carbons (Fsp3) is 1.00. The normalized spacial score (nSPS) is 21.9. The molecule has 1 saturated heterocycles. The van der Waals surface area contributed by atoms with Crippen LogP contribution in [0.4, 0.5) is 0 Å². The second-order valence-electron chi connectivity index (χ2n) is 5.40. The van der Waals surface area contributed by atoms with Gasteiger partial charge in [-0.05, 0) is 23.0 Å². The van der Waals surface area contributed by atoms with Gasteiger partial charge in [0.25, 0.3) is 0 Å². The van der Waals surface area contributed by atoms with Crippen LogP contribution >= 0.6 is 23.5 Å². The monoisotopic (exact) mass is 234 g/mol. The highest BCUT2D eigenvalue weighted by molar-refractivity contribution is 8.20. The predicted molar refractivity (Wildman–Crippen MR) is 70.5 cm³/mol. The van der Waals surface area contributed by atoms with Crippen LogP contribution in [0, 0.1) is 0 Å². The number of thioether (sulfide) groups is 2. The second kappa shape index (κ2) is 4.19. The molecule has 0 aromatic rings. The maximum absolute atomic E-state index is 2.56. The Morgan fingerprint density at radius 1 is 1.08 bits per heavy atom. The van der Waals surface area contributed by atoms with Gasteiger partial charge in [-0.1, -0.05) is 33.9 Å². The van der Waals surface area contributed by atoms with Crippen molar-refractivity contribution in [1.29, 1.82) is 0 Å². The van der Waals surface area contributed by atoms with Crippen LogP contribution in [0.2, 0.25) is 18.1 Å². The molecule has 13 heavy (non-hydrogen) atoms. The molecule has 3 heteroatoms. The summed E-state index contributed by atoms with van der Waals surface area (Å²) < 4.78 is 0.932. The van der Waals surface area contributed by atoms with E-state index >= 15 is 0 Å². The molecule has 0 radical (unpaired) electrons. The van der Waals surface area contributed by atoms with Crippen molar-refractivity contribution in [2.45, 2.75) is 49.5 Å². The van der Waals surface area contributed by atoms with Crippen molar-refractivity contribution in [3.63, 3.8) is 0 Å². The molecule has 0 aromatic heterocycles. The third-order valence-corrected chi connectivity index (χ3v) is 15.4.